The predicted molar refractivity (Wildman–Crippen MR) is 87.0 cm³/mol. The Morgan fingerprint density at radius 3 is 2.73 bits per heavy atom. The van der Waals surface area contributed by atoms with Gasteiger partial charge in [-0.25, -0.2) is 0 Å². The first kappa shape index (κ1) is 14.9. The van der Waals surface area contributed by atoms with Crippen LogP contribution in [0.25, 0.3) is 0 Å². The molecule has 0 bridgehead atoms. The van der Waals surface area contributed by atoms with Crippen LogP contribution in [-0.4, -0.2) is 19.1 Å². The molecule has 0 saturated carbocycles. The van der Waals surface area contributed by atoms with Gasteiger partial charge in [-0.2, -0.15) is 0 Å². The number of hydrogen-bond acceptors (Lipinski definition) is 4. The summed E-state index contributed by atoms with van der Waals surface area (Å²) in [5, 5.41) is 2.96. The monoisotopic (exact) mass is 317 g/mol. The molecule has 2 aromatic rings. The number of ether oxygens (including phenoxy) is 2. The maximum atomic E-state index is 12.2. The van der Waals surface area contributed by atoms with Crippen molar-refractivity contribution in [1.82, 2.24) is 5.32 Å². The third-order valence-electron chi connectivity index (χ3n) is 3.68. The van der Waals surface area contributed by atoms with Gasteiger partial charge >= 0.3 is 0 Å². The van der Waals surface area contributed by atoms with Gasteiger partial charge in [0.15, 0.2) is 11.5 Å². The van der Waals surface area contributed by atoms with Gasteiger partial charge in [0, 0.05) is 11.4 Å². The zero-order valence-electron chi connectivity index (χ0n) is 12.8. The van der Waals surface area contributed by atoms with E-state index in [0.29, 0.717) is 19.8 Å². The second-order valence-corrected chi connectivity index (χ2v) is 6.46. The van der Waals surface area contributed by atoms with E-state index in [2.05, 4.69) is 19.2 Å². The van der Waals surface area contributed by atoms with Crippen LogP contribution >= 0.6 is 11.3 Å². The normalized spacial score (nSPS) is 13.0. The van der Waals surface area contributed by atoms with Gasteiger partial charge in [0.25, 0.3) is 5.91 Å². The summed E-state index contributed by atoms with van der Waals surface area (Å²) < 4.78 is 11.0. The summed E-state index contributed by atoms with van der Waals surface area (Å²) in [5.41, 5.74) is 2.25. The number of carbonyl (C=O) groups excluding carboxylic acids is 1. The lowest BCUT2D eigenvalue weighted by Gasteiger charge is -2.18. The van der Waals surface area contributed by atoms with E-state index in [1.165, 1.54) is 10.4 Å². The zero-order chi connectivity index (χ0) is 15.5. The number of nitrogens with one attached hydrogen (secondary N) is 1. The van der Waals surface area contributed by atoms with E-state index in [4.69, 9.17) is 9.47 Å². The summed E-state index contributed by atoms with van der Waals surface area (Å²) in [6, 6.07) is 7.75. The van der Waals surface area contributed by atoms with Crippen molar-refractivity contribution in [2.24, 2.45) is 0 Å². The second-order valence-electron chi connectivity index (χ2n) is 5.21. The van der Waals surface area contributed by atoms with Crippen molar-refractivity contribution in [1.29, 1.82) is 0 Å². The highest BCUT2D eigenvalue weighted by Gasteiger charge is 2.14. The summed E-state index contributed by atoms with van der Waals surface area (Å²) in [7, 11) is 0. The topological polar surface area (TPSA) is 47.6 Å². The fourth-order valence-electron chi connectivity index (χ4n) is 2.45. The molecule has 0 fully saturated rings. The molecule has 3 rings (SSSR count). The molecule has 116 valence electrons. The van der Waals surface area contributed by atoms with E-state index >= 15 is 0 Å². The van der Waals surface area contributed by atoms with Crippen molar-refractivity contribution in [3.8, 4) is 11.5 Å². The number of rotatable bonds is 4. The predicted octanol–water partition coefficient (Wildman–Crippen LogP) is 3.32. The molecule has 1 aromatic carbocycles. The molecular weight excluding hydrogens is 298 g/mol. The summed E-state index contributed by atoms with van der Waals surface area (Å²) in [5.74, 6) is 1.49. The number of carbonyl (C=O) groups is 1. The maximum absolute atomic E-state index is 12.2. The van der Waals surface area contributed by atoms with Crippen LogP contribution in [0.3, 0.4) is 0 Å². The Balaban J connectivity index is 1.65. The molecule has 1 aliphatic heterocycles. The maximum Gasteiger partial charge on any atom is 0.261 e. The molecule has 1 aromatic heterocycles. The molecule has 0 saturated heterocycles. The fourth-order valence-corrected chi connectivity index (χ4v) is 3.48. The fraction of sp³-hybridized carbons (Fsp3) is 0.353. The van der Waals surface area contributed by atoms with Gasteiger partial charge in [-0.3, -0.25) is 4.79 Å². The quantitative estimate of drug-likeness (QED) is 0.941. The Morgan fingerprint density at radius 1 is 1.23 bits per heavy atom. The molecule has 1 N–H and O–H groups in total. The largest absolute Gasteiger partial charge is 0.486 e. The van der Waals surface area contributed by atoms with Crippen LogP contribution in [-0.2, 0) is 13.0 Å². The zero-order valence-corrected chi connectivity index (χ0v) is 13.6. The van der Waals surface area contributed by atoms with Crippen LogP contribution in [0.1, 0.15) is 32.6 Å². The van der Waals surface area contributed by atoms with E-state index in [0.717, 1.165) is 28.4 Å². The Hall–Kier alpha value is -2.01. The van der Waals surface area contributed by atoms with Crippen molar-refractivity contribution >= 4 is 17.2 Å². The average Bonchev–Trinajstić information content (AvgIpc) is 2.93. The Kier molecular flexibility index (Phi) is 4.34. The standard InChI is InChI=1S/C17H19NO3S/c1-3-13-9-16(22-11(13)2)17(19)18-10-12-4-5-14-15(8-12)21-7-6-20-14/h4-5,8-9H,3,6-7,10H2,1-2H3,(H,18,19). The van der Waals surface area contributed by atoms with E-state index in [9.17, 15) is 4.79 Å². The minimum atomic E-state index is -0.0253. The summed E-state index contributed by atoms with van der Waals surface area (Å²) in [6.45, 7) is 5.79. The van der Waals surface area contributed by atoms with Gasteiger partial charge in [-0.05, 0) is 42.7 Å². The van der Waals surface area contributed by atoms with Crippen molar-refractivity contribution < 1.29 is 14.3 Å². The lowest BCUT2D eigenvalue weighted by atomic mass is 10.2. The third-order valence-corrected chi connectivity index (χ3v) is 4.78. The Bertz CT molecular complexity index is 693. The van der Waals surface area contributed by atoms with Gasteiger partial charge in [0.05, 0.1) is 4.88 Å². The molecule has 5 heteroatoms. The van der Waals surface area contributed by atoms with E-state index in [-0.39, 0.29) is 5.91 Å². The van der Waals surface area contributed by atoms with Crippen molar-refractivity contribution in [3.05, 3.63) is 45.1 Å². The smallest absolute Gasteiger partial charge is 0.261 e. The van der Waals surface area contributed by atoms with Crippen LogP contribution < -0.4 is 14.8 Å². The first-order chi connectivity index (χ1) is 10.7. The highest BCUT2D eigenvalue weighted by atomic mass is 32.1. The highest BCUT2D eigenvalue weighted by molar-refractivity contribution is 7.14. The van der Waals surface area contributed by atoms with Crippen LogP contribution in [0.4, 0.5) is 0 Å². The van der Waals surface area contributed by atoms with Gasteiger partial charge in [-0.15, -0.1) is 11.3 Å². The van der Waals surface area contributed by atoms with Crippen LogP contribution in [0.15, 0.2) is 24.3 Å². The number of aryl methyl sites for hydroxylation is 2. The number of amides is 1. The minimum absolute atomic E-state index is 0.0253. The first-order valence-electron chi connectivity index (χ1n) is 7.43. The van der Waals surface area contributed by atoms with Gasteiger partial charge in [0.2, 0.25) is 0 Å². The summed E-state index contributed by atoms with van der Waals surface area (Å²) in [4.78, 5) is 14.2. The molecule has 1 aliphatic rings. The van der Waals surface area contributed by atoms with Crippen LogP contribution in [0.2, 0.25) is 0 Å². The van der Waals surface area contributed by atoms with Crippen molar-refractivity contribution in [3.63, 3.8) is 0 Å². The number of benzene rings is 1. The SMILES string of the molecule is CCc1cc(C(=O)NCc2ccc3c(c2)OCCO3)sc1C. The molecule has 0 aliphatic carbocycles. The average molecular weight is 317 g/mol. The van der Waals surface area contributed by atoms with Gasteiger partial charge < -0.3 is 14.8 Å². The van der Waals surface area contributed by atoms with Crippen molar-refractivity contribution in [2.45, 2.75) is 26.8 Å². The summed E-state index contributed by atoms with van der Waals surface area (Å²) >= 11 is 1.55. The van der Waals surface area contributed by atoms with E-state index in [1.807, 2.05) is 24.3 Å². The molecule has 0 radical (unpaired) electrons. The molecule has 0 atom stereocenters. The minimum Gasteiger partial charge on any atom is -0.486 e. The molecule has 0 spiro atoms. The third kappa shape index (κ3) is 3.09. The molecule has 1 amide bonds. The second kappa shape index (κ2) is 6.40. The number of hydrogen-bond donors (Lipinski definition) is 1. The Labute approximate surface area is 134 Å². The lowest BCUT2D eigenvalue weighted by molar-refractivity contribution is 0.0955. The number of thiophene rings is 1. The number of fused-ring (bicyclic) bond motifs is 1. The molecular formula is C17H19NO3S. The molecule has 4 nitrogen and oxygen atoms in total. The van der Waals surface area contributed by atoms with E-state index in [1.54, 1.807) is 11.3 Å². The molecule has 22 heavy (non-hydrogen) atoms. The van der Waals surface area contributed by atoms with Gasteiger partial charge in [-0.1, -0.05) is 13.0 Å². The summed E-state index contributed by atoms with van der Waals surface area (Å²) in [6.07, 6.45) is 0.956. The van der Waals surface area contributed by atoms with Gasteiger partial charge in [0.1, 0.15) is 13.2 Å². The van der Waals surface area contributed by atoms with E-state index < -0.39 is 0 Å². The van der Waals surface area contributed by atoms with Crippen LogP contribution in [0, 0.1) is 6.92 Å². The molecule has 0 unspecified atom stereocenters. The molecule has 2 heterocycles. The lowest BCUT2D eigenvalue weighted by Crippen LogP contribution is -2.22. The first-order valence-corrected chi connectivity index (χ1v) is 8.25. The van der Waals surface area contributed by atoms with Crippen LogP contribution in [0.5, 0.6) is 11.5 Å². The highest BCUT2D eigenvalue weighted by Crippen LogP contribution is 2.30. The van der Waals surface area contributed by atoms with Crippen molar-refractivity contribution in [2.75, 3.05) is 13.2 Å². The Morgan fingerprint density at radius 2 is 2.00 bits per heavy atom.